The molecule has 0 spiro atoms. The number of carbonyl (C=O) groups excluding carboxylic acids is 2. The lowest BCUT2D eigenvalue weighted by atomic mass is 10.1. The van der Waals surface area contributed by atoms with Crippen molar-refractivity contribution in [2.75, 3.05) is 24.7 Å². The summed E-state index contributed by atoms with van der Waals surface area (Å²) in [5.41, 5.74) is 3.85. The topological polar surface area (TPSA) is 105 Å². The molecule has 0 aliphatic heterocycles. The van der Waals surface area contributed by atoms with E-state index in [1.165, 1.54) is 0 Å². The molecule has 0 saturated heterocycles. The summed E-state index contributed by atoms with van der Waals surface area (Å²) in [6.45, 7) is -0.895. The maximum Gasteiger partial charge on any atom is 0.344 e. The number of anilines is 2. The minimum atomic E-state index is -2.12. The third kappa shape index (κ3) is 3.82. The molecule has 0 atom stereocenters. The number of esters is 2. The minimum absolute atomic E-state index is 0.564. The number of hydrogen-bond acceptors (Lipinski definition) is 6. The first-order chi connectivity index (χ1) is 13.9. The minimum Gasteiger partial charge on any atom is -0.458 e. The van der Waals surface area contributed by atoms with Gasteiger partial charge >= 0.3 is 11.9 Å². The van der Waals surface area contributed by atoms with Crippen LogP contribution >= 0.6 is 0 Å². The molecule has 162 valence electrons. The monoisotopic (exact) mass is 440 g/mol. The highest BCUT2D eigenvalue weighted by atomic mass is 19.2. The van der Waals surface area contributed by atoms with E-state index in [0.29, 0.717) is 0 Å². The van der Waals surface area contributed by atoms with Crippen molar-refractivity contribution < 1.29 is 49.8 Å². The second-order valence-electron chi connectivity index (χ2n) is 5.67. The maximum absolute atomic E-state index is 14.0. The Morgan fingerprint density at radius 1 is 0.633 bits per heavy atom. The molecule has 0 aromatic heterocycles. The summed E-state index contributed by atoms with van der Waals surface area (Å²) in [5.74, 6) is -17.0. The number of halogens is 7. The Morgan fingerprint density at radius 3 is 1.37 bits per heavy atom. The lowest BCUT2D eigenvalue weighted by Gasteiger charge is -2.12. The Kier molecular flexibility index (Phi) is 6.43. The highest BCUT2D eigenvalue weighted by molar-refractivity contribution is 5.91. The molecule has 0 radical (unpaired) electrons. The number of carbonyl (C=O) groups is 2. The first-order valence-electron chi connectivity index (χ1n) is 7.79. The molecule has 0 aliphatic carbocycles. The third-order valence-corrected chi connectivity index (χ3v) is 3.86. The summed E-state index contributed by atoms with van der Waals surface area (Å²) in [5, 5.41) is 0. The van der Waals surface area contributed by atoms with Crippen LogP contribution in [0.2, 0.25) is 0 Å². The van der Waals surface area contributed by atoms with Gasteiger partial charge in [0, 0.05) is 5.56 Å². The van der Waals surface area contributed by atoms with Crippen LogP contribution in [0.1, 0.15) is 26.3 Å². The number of benzene rings is 2. The fourth-order valence-corrected chi connectivity index (χ4v) is 2.21. The van der Waals surface area contributed by atoms with Gasteiger partial charge in [-0.3, -0.25) is 0 Å². The summed E-state index contributed by atoms with van der Waals surface area (Å²) >= 11 is 0. The molecule has 4 N–H and O–H groups in total. The molecule has 6 nitrogen and oxygen atoms in total. The van der Waals surface area contributed by atoms with Gasteiger partial charge in [-0.1, -0.05) is 0 Å². The van der Waals surface area contributed by atoms with Crippen LogP contribution in [-0.4, -0.2) is 25.2 Å². The Hall–Kier alpha value is -3.51. The standard InChI is InChI=1S/C17H11F7N2O4/c1-4-7(18)5(8(19)11(22)14(4)25)16(27)29-2-3-30-17(28)6-9(20)12(23)15(26)13(24)10(6)21/h2-3,25-26H2,1H3. The molecular weight excluding hydrogens is 429 g/mol. The molecule has 2 rings (SSSR count). The molecule has 0 fully saturated rings. The van der Waals surface area contributed by atoms with Gasteiger partial charge in [0.15, 0.2) is 34.9 Å². The first kappa shape index (κ1) is 22.8. The molecule has 0 bridgehead atoms. The molecular formula is C17H11F7N2O4. The summed E-state index contributed by atoms with van der Waals surface area (Å²) < 4.78 is 104. The second kappa shape index (κ2) is 8.47. The highest BCUT2D eigenvalue weighted by Crippen LogP contribution is 2.28. The molecule has 30 heavy (non-hydrogen) atoms. The van der Waals surface area contributed by atoms with Crippen molar-refractivity contribution in [3.8, 4) is 0 Å². The van der Waals surface area contributed by atoms with E-state index in [1.807, 2.05) is 0 Å². The molecule has 0 aliphatic rings. The zero-order valence-electron chi connectivity index (χ0n) is 14.8. The molecule has 0 amide bonds. The Balaban J connectivity index is 2.08. The van der Waals surface area contributed by atoms with Crippen molar-refractivity contribution in [1.82, 2.24) is 0 Å². The quantitative estimate of drug-likeness (QED) is 0.243. The lowest BCUT2D eigenvalue weighted by Crippen LogP contribution is -2.20. The van der Waals surface area contributed by atoms with Gasteiger partial charge in [-0.2, -0.15) is 0 Å². The molecule has 0 saturated carbocycles. The lowest BCUT2D eigenvalue weighted by molar-refractivity contribution is 0.0252. The fourth-order valence-electron chi connectivity index (χ4n) is 2.21. The van der Waals surface area contributed by atoms with Crippen LogP contribution in [0.4, 0.5) is 42.1 Å². The van der Waals surface area contributed by atoms with E-state index < -0.39 is 93.9 Å². The predicted molar refractivity (Wildman–Crippen MR) is 86.7 cm³/mol. The van der Waals surface area contributed by atoms with Crippen LogP contribution in [0.3, 0.4) is 0 Å². The predicted octanol–water partition coefficient (Wildman–Crippen LogP) is 3.15. The van der Waals surface area contributed by atoms with Crippen molar-refractivity contribution in [3.05, 3.63) is 57.4 Å². The fraction of sp³-hybridized carbons (Fsp3) is 0.176. The maximum atomic E-state index is 14.0. The van der Waals surface area contributed by atoms with Gasteiger partial charge in [-0.15, -0.1) is 0 Å². The molecule has 2 aromatic rings. The van der Waals surface area contributed by atoms with Crippen molar-refractivity contribution >= 4 is 23.3 Å². The van der Waals surface area contributed by atoms with Crippen LogP contribution in [0.15, 0.2) is 0 Å². The Labute approximate surface area is 163 Å². The van der Waals surface area contributed by atoms with E-state index in [0.717, 1.165) is 6.92 Å². The average molecular weight is 440 g/mol. The van der Waals surface area contributed by atoms with Gasteiger partial charge in [0.2, 0.25) is 0 Å². The Morgan fingerprint density at radius 2 is 0.967 bits per heavy atom. The highest BCUT2D eigenvalue weighted by Gasteiger charge is 2.30. The summed E-state index contributed by atoms with van der Waals surface area (Å²) in [6.07, 6.45) is 0. The van der Waals surface area contributed by atoms with Gasteiger partial charge in [0.05, 0.1) is 5.69 Å². The van der Waals surface area contributed by atoms with E-state index in [9.17, 15) is 40.3 Å². The number of nitrogens with two attached hydrogens (primary N) is 2. The van der Waals surface area contributed by atoms with Gasteiger partial charge in [0.25, 0.3) is 0 Å². The van der Waals surface area contributed by atoms with Crippen LogP contribution in [0.25, 0.3) is 0 Å². The molecule has 0 heterocycles. The van der Waals surface area contributed by atoms with Crippen LogP contribution in [0, 0.1) is 47.6 Å². The van der Waals surface area contributed by atoms with Crippen LogP contribution in [0.5, 0.6) is 0 Å². The first-order valence-corrected chi connectivity index (χ1v) is 7.79. The van der Waals surface area contributed by atoms with Gasteiger partial charge < -0.3 is 20.9 Å². The zero-order chi connectivity index (χ0) is 22.9. The van der Waals surface area contributed by atoms with E-state index in [2.05, 4.69) is 9.47 Å². The summed E-state index contributed by atoms with van der Waals surface area (Å²) in [6, 6.07) is 0. The van der Waals surface area contributed by atoms with E-state index in [4.69, 9.17) is 11.5 Å². The second-order valence-corrected chi connectivity index (χ2v) is 5.67. The Bertz CT molecular complexity index is 918. The van der Waals surface area contributed by atoms with Gasteiger partial charge in [-0.05, 0) is 6.92 Å². The molecule has 0 unspecified atom stereocenters. The summed E-state index contributed by atoms with van der Waals surface area (Å²) in [4.78, 5) is 23.4. The number of hydrogen-bond donors (Lipinski definition) is 2. The zero-order valence-corrected chi connectivity index (χ0v) is 14.8. The number of nitrogen functional groups attached to an aromatic ring is 2. The summed E-state index contributed by atoms with van der Waals surface area (Å²) in [7, 11) is 0. The average Bonchev–Trinajstić information content (AvgIpc) is 2.71. The van der Waals surface area contributed by atoms with Crippen molar-refractivity contribution in [3.63, 3.8) is 0 Å². The van der Waals surface area contributed by atoms with Crippen molar-refractivity contribution in [2.45, 2.75) is 6.92 Å². The molecule has 2 aromatic carbocycles. The molecule has 13 heteroatoms. The van der Waals surface area contributed by atoms with Crippen molar-refractivity contribution in [1.29, 1.82) is 0 Å². The number of ether oxygens (including phenoxy) is 2. The largest absolute Gasteiger partial charge is 0.458 e. The SMILES string of the molecule is Cc1c(N)c(F)c(F)c(C(=O)OCCOC(=O)c2c(F)c(F)c(N)c(F)c2F)c1F. The van der Waals surface area contributed by atoms with Crippen molar-refractivity contribution in [2.24, 2.45) is 0 Å². The van der Waals surface area contributed by atoms with E-state index in [-0.39, 0.29) is 0 Å². The number of rotatable bonds is 5. The van der Waals surface area contributed by atoms with Gasteiger partial charge in [0.1, 0.15) is 35.8 Å². The normalized spacial score (nSPS) is 10.8. The smallest absolute Gasteiger partial charge is 0.344 e. The van der Waals surface area contributed by atoms with E-state index in [1.54, 1.807) is 0 Å². The van der Waals surface area contributed by atoms with Crippen LogP contribution < -0.4 is 11.5 Å². The van der Waals surface area contributed by atoms with Crippen LogP contribution in [-0.2, 0) is 9.47 Å². The third-order valence-electron chi connectivity index (χ3n) is 3.86. The van der Waals surface area contributed by atoms with Gasteiger partial charge in [-0.25, -0.2) is 40.3 Å². The van der Waals surface area contributed by atoms with E-state index >= 15 is 0 Å².